The molecule has 1 saturated carbocycles. The average Bonchev–Trinajstić information content (AvgIpc) is 3.42. The van der Waals surface area contributed by atoms with E-state index in [-0.39, 0.29) is 17.9 Å². The Balaban J connectivity index is 1.21. The predicted octanol–water partition coefficient (Wildman–Crippen LogP) is 5.39. The SMILES string of the molecule is COc1ccccc1CCC(=O)NC[C@@H](Cc1c[nH]c2ccccc12)NC(=O)CN1CCCCC1C1CCCCC1. The van der Waals surface area contributed by atoms with Gasteiger partial charge < -0.3 is 20.4 Å². The predicted molar refractivity (Wildman–Crippen MR) is 164 cm³/mol. The molecule has 1 aromatic heterocycles. The zero-order valence-corrected chi connectivity index (χ0v) is 24.5. The van der Waals surface area contributed by atoms with Crippen molar-refractivity contribution in [3.05, 3.63) is 65.9 Å². The van der Waals surface area contributed by atoms with E-state index in [1.807, 2.05) is 42.6 Å². The molecule has 2 aliphatic rings. The van der Waals surface area contributed by atoms with Gasteiger partial charge >= 0.3 is 0 Å². The van der Waals surface area contributed by atoms with E-state index in [2.05, 4.69) is 32.7 Å². The van der Waals surface area contributed by atoms with E-state index < -0.39 is 0 Å². The maximum absolute atomic E-state index is 13.5. The number of H-pyrrole nitrogens is 1. The summed E-state index contributed by atoms with van der Waals surface area (Å²) in [6.45, 7) is 1.83. The number of ether oxygens (including phenoxy) is 1. The number of nitrogens with zero attached hydrogens (tertiary/aromatic N) is 1. The van der Waals surface area contributed by atoms with Gasteiger partial charge in [-0.25, -0.2) is 0 Å². The van der Waals surface area contributed by atoms with Gasteiger partial charge in [0, 0.05) is 36.1 Å². The van der Waals surface area contributed by atoms with Gasteiger partial charge in [-0.05, 0) is 74.2 Å². The average molecular weight is 559 g/mol. The molecule has 1 aliphatic heterocycles. The first kappa shape index (κ1) is 29.2. The number of amides is 2. The van der Waals surface area contributed by atoms with Crippen LogP contribution in [-0.2, 0) is 22.4 Å². The van der Waals surface area contributed by atoms with Crippen LogP contribution < -0.4 is 15.4 Å². The van der Waals surface area contributed by atoms with Gasteiger partial charge in [0.2, 0.25) is 11.8 Å². The molecule has 2 heterocycles. The molecule has 2 amide bonds. The van der Waals surface area contributed by atoms with Gasteiger partial charge in [-0.2, -0.15) is 0 Å². The van der Waals surface area contributed by atoms with Gasteiger partial charge in [-0.15, -0.1) is 0 Å². The molecule has 3 aromatic rings. The summed E-state index contributed by atoms with van der Waals surface area (Å²) in [5.41, 5.74) is 3.24. The molecule has 3 N–H and O–H groups in total. The van der Waals surface area contributed by atoms with Crippen LogP contribution in [0.1, 0.15) is 68.9 Å². The second-order valence-electron chi connectivity index (χ2n) is 11.9. The molecule has 1 aliphatic carbocycles. The second kappa shape index (κ2) is 14.5. The highest BCUT2D eigenvalue weighted by Gasteiger charge is 2.32. The Hall–Kier alpha value is -3.32. The number of hydrogen-bond acceptors (Lipinski definition) is 4. The smallest absolute Gasteiger partial charge is 0.234 e. The van der Waals surface area contributed by atoms with Gasteiger partial charge in [0.05, 0.1) is 19.7 Å². The number of piperidine rings is 1. The number of carbonyl (C=O) groups excluding carboxylic acids is 2. The standard InChI is InChI=1S/C34H46N4O3/c1-41-32-17-8-5-13-26(32)18-19-33(39)36-23-28(21-27-22-35-30-15-7-6-14-29(27)30)37-34(40)24-38-20-10-9-16-31(38)25-11-3-2-4-12-25/h5-8,13-15,17,22,25,28,31,35H,2-4,9-12,16,18-21,23-24H2,1H3,(H,36,39)(H,37,40)/t28-,31?/m1/s1. The van der Waals surface area contributed by atoms with E-state index in [0.717, 1.165) is 46.7 Å². The summed E-state index contributed by atoms with van der Waals surface area (Å²) in [6, 6.07) is 16.4. The third-order valence-corrected chi connectivity index (χ3v) is 9.07. The molecule has 7 heteroatoms. The van der Waals surface area contributed by atoms with Crippen LogP contribution in [0, 0.1) is 5.92 Å². The summed E-state index contributed by atoms with van der Waals surface area (Å²) in [6.07, 6.45) is 13.9. The van der Waals surface area contributed by atoms with E-state index >= 15 is 0 Å². The fourth-order valence-corrected chi connectivity index (χ4v) is 6.95. The van der Waals surface area contributed by atoms with Gasteiger partial charge in [-0.1, -0.05) is 62.1 Å². The lowest BCUT2D eigenvalue weighted by atomic mass is 9.80. The minimum atomic E-state index is -0.199. The van der Waals surface area contributed by atoms with Crippen molar-refractivity contribution in [3.8, 4) is 5.75 Å². The topological polar surface area (TPSA) is 86.5 Å². The van der Waals surface area contributed by atoms with Crippen molar-refractivity contribution in [1.29, 1.82) is 0 Å². The quantitative estimate of drug-likeness (QED) is 0.278. The Morgan fingerprint density at radius 2 is 1.73 bits per heavy atom. The number of methoxy groups -OCH3 is 1. The van der Waals surface area contributed by atoms with Crippen molar-refractivity contribution in [2.24, 2.45) is 5.92 Å². The highest BCUT2D eigenvalue weighted by molar-refractivity contribution is 5.83. The fraction of sp³-hybridized carbons (Fsp3) is 0.529. The van der Waals surface area contributed by atoms with Crippen LogP contribution in [-0.4, -0.2) is 60.5 Å². The number of carbonyl (C=O) groups is 2. The first-order chi connectivity index (χ1) is 20.1. The number of rotatable bonds is 12. The molecule has 41 heavy (non-hydrogen) atoms. The maximum atomic E-state index is 13.5. The van der Waals surface area contributed by atoms with Crippen LogP contribution in [0.3, 0.4) is 0 Å². The van der Waals surface area contributed by atoms with Crippen LogP contribution in [0.15, 0.2) is 54.7 Å². The van der Waals surface area contributed by atoms with Crippen LogP contribution >= 0.6 is 0 Å². The molecular formula is C34H46N4O3. The zero-order valence-electron chi connectivity index (χ0n) is 24.5. The lowest BCUT2D eigenvalue weighted by Crippen LogP contribution is -2.52. The van der Waals surface area contributed by atoms with Crippen LogP contribution in [0.4, 0.5) is 0 Å². The lowest BCUT2D eigenvalue weighted by Gasteiger charge is -2.41. The molecule has 0 radical (unpaired) electrons. The summed E-state index contributed by atoms with van der Waals surface area (Å²) in [4.78, 5) is 32.2. The minimum absolute atomic E-state index is 0.0255. The Morgan fingerprint density at radius 3 is 2.59 bits per heavy atom. The summed E-state index contributed by atoms with van der Waals surface area (Å²) in [5.74, 6) is 1.55. The number of aryl methyl sites for hydroxylation is 1. The number of hydrogen-bond donors (Lipinski definition) is 3. The van der Waals surface area contributed by atoms with E-state index in [1.165, 1.54) is 44.9 Å². The normalized spacial score (nSPS) is 19.1. The number of fused-ring (bicyclic) bond motifs is 1. The van der Waals surface area contributed by atoms with Gasteiger partial charge in [0.1, 0.15) is 5.75 Å². The summed E-state index contributed by atoms with van der Waals surface area (Å²) in [5, 5.41) is 7.57. The first-order valence-corrected chi connectivity index (χ1v) is 15.6. The molecule has 2 atom stereocenters. The van der Waals surface area contributed by atoms with Crippen molar-refractivity contribution in [3.63, 3.8) is 0 Å². The lowest BCUT2D eigenvalue weighted by molar-refractivity contribution is -0.125. The molecule has 2 fully saturated rings. The molecule has 2 aromatic carbocycles. The van der Waals surface area contributed by atoms with Crippen molar-refractivity contribution < 1.29 is 14.3 Å². The number of para-hydroxylation sites is 2. The van der Waals surface area contributed by atoms with Crippen LogP contribution in [0.2, 0.25) is 0 Å². The summed E-state index contributed by atoms with van der Waals surface area (Å²) < 4.78 is 5.44. The largest absolute Gasteiger partial charge is 0.496 e. The monoisotopic (exact) mass is 558 g/mol. The molecule has 1 unspecified atom stereocenters. The van der Waals surface area contributed by atoms with Crippen molar-refractivity contribution in [1.82, 2.24) is 20.5 Å². The third-order valence-electron chi connectivity index (χ3n) is 9.07. The fourth-order valence-electron chi connectivity index (χ4n) is 6.95. The molecule has 5 rings (SSSR count). The highest BCUT2D eigenvalue weighted by Crippen LogP contribution is 2.33. The highest BCUT2D eigenvalue weighted by atomic mass is 16.5. The molecular weight excluding hydrogens is 512 g/mol. The van der Waals surface area contributed by atoms with E-state index in [1.54, 1.807) is 7.11 Å². The number of nitrogens with one attached hydrogen (secondary N) is 3. The maximum Gasteiger partial charge on any atom is 0.234 e. The number of aromatic amines is 1. The Morgan fingerprint density at radius 1 is 0.951 bits per heavy atom. The van der Waals surface area contributed by atoms with Crippen molar-refractivity contribution >= 4 is 22.7 Å². The second-order valence-corrected chi connectivity index (χ2v) is 11.9. The number of benzene rings is 2. The van der Waals surface area contributed by atoms with Gasteiger partial charge in [0.15, 0.2) is 0 Å². The zero-order chi connectivity index (χ0) is 28.4. The molecule has 0 bridgehead atoms. The molecule has 220 valence electrons. The van der Waals surface area contributed by atoms with Crippen molar-refractivity contribution in [2.75, 3.05) is 26.7 Å². The van der Waals surface area contributed by atoms with Crippen LogP contribution in [0.25, 0.3) is 10.9 Å². The number of likely N-dealkylation sites (tertiary alicyclic amines) is 1. The van der Waals surface area contributed by atoms with Crippen molar-refractivity contribution in [2.45, 2.75) is 82.7 Å². The van der Waals surface area contributed by atoms with Gasteiger partial charge in [-0.3, -0.25) is 14.5 Å². The minimum Gasteiger partial charge on any atom is -0.496 e. The first-order valence-electron chi connectivity index (χ1n) is 15.6. The molecule has 7 nitrogen and oxygen atoms in total. The Bertz CT molecular complexity index is 1280. The van der Waals surface area contributed by atoms with E-state index in [0.29, 0.717) is 38.4 Å². The van der Waals surface area contributed by atoms with E-state index in [9.17, 15) is 9.59 Å². The summed E-state index contributed by atoms with van der Waals surface area (Å²) in [7, 11) is 1.65. The van der Waals surface area contributed by atoms with Gasteiger partial charge in [0.25, 0.3) is 0 Å². The molecule has 0 spiro atoms. The molecule has 1 saturated heterocycles. The Labute approximate surface area is 244 Å². The van der Waals surface area contributed by atoms with Crippen LogP contribution in [0.5, 0.6) is 5.75 Å². The summed E-state index contributed by atoms with van der Waals surface area (Å²) >= 11 is 0. The Kier molecular flexibility index (Phi) is 10.3. The third kappa shape index (κ3) is 7.91. The number of aromatic nitrogens is 1. The van der Waals surface area contributed by atoms with E-state index in [4.69, 9.17) is 4.74 Å².